The van der Waals surface area contributed by atoms with E-state index in [4.69, 9.17) is 14.2 Å². The summed E-state index contributed by atoms with van der Waals surface area (Å²) < 4.78 is 16.8. The van der Waals surface area contributed by atoms with Crippen LogP contribution in [0.3, 0.4) is 0 Å². The molecule has 0 radical (unpaired) electrons. The molecule has 0 aromatic carbocycles. The second kappa shape index (κ2) is 53.7. The minimum absolute atomic E-state index is 0.104. The number of carbonyl (C=O) groups excluding carboxylic acids is 3. The third kappa shape index (κ3) is 51.1. The highest BCUT2D eigenvalue weighted by atomic mass is 16.6. The third-order valence-electron chi connectivity index (χ3n) is 11.1. The monoisotopic (exact) mass is 915 g/mol. The molecular weight excluding hydrogens is 817 g/mol. The molecule has 66 heavy (non-hydrogen) atoms. The molecule has 0 aliphatic rings. The average molecular weight is 915 g/mol. The van der Waals surface area contributed by atoms with E-state index in [9.17, 15) is 14.4 Å². The van der Waals surface area contributed by atoms with Crippen molar-refractivity contribution in [3.05, 3.63) is 109 Å². The van der Waals surface area contributed by atoms with Crippen molar-refractivity contribution in [3.8, 4) is 0 Å². The average Bonchev–Trinajstić information content (AvgIpc) is 3.31. The minimum atomic E-state index is -0.806. The molecule has 0 aliphatic carbocycles. The van der Waals surface area contributed by atoms with Crippen LogP contribution in [0.5, 0.6) is 0 Å². The van der Waals surface area contributed by atoms with Gasteiger partial charge in [-0.2, -0.15) is 0 Å². The van der Waals surface area contributed by atoms with Crippen molar-refractivity contribution >= 4 is 17.9 Å². The van der Waals surface area contributed by atoms with Crippen molar-refractivity contribution in [2.24, 2.45) is 0 Å². The van der Waals surface area contributed by atoms with Gasteiger partial charge in [-0.15, -0.1) is 0 Å². The van der Waals surface area contributed by atoms with E-state index in [0.717, 1.165) is 122 Å². The first-order valence-electron chi connectivity index (χ1n) is 26.9. The molecule has 0 aromatic heterocycles. The first-order chi connectivity index (χ1) is 32.5. The lowest BCUT2D eigenvalue weighted by Gasteiger charge is -2.18. The molecule has 0 N–H and O–H groups in total. The Kier molecular flexibility index (Phi) is 50.5. The van der Waals surface area contributed by atoms with Crippen molar-refractivity contribution in [3.63, 3.8) is 0 Å². The number of hydrogen-bond donors (Lipinski definition) is 0. The van der Waals surface area contributed by atoms with Gasteiger partial charge in [0.1, 0.15) is 13.2 Å². The van der Waals surface area contributed by atoms with Gasteiger partial charge >= 0.3 is 17.9 Å². The van der Waals surface area contributed by atoms with Crippen LogP contribution in [0.1, 0.15) is 233 Å². The van der Waals surface area contributed by atoms with Gasteiger partial charge in [0.2, 0.25) is 0 Å². The number of rotatable bonds is 47. The molecular formula is C60H98O6. The van der Waals surface area contributed by atoms with Gasteiger partial charge in [-0.3, -0.25) is 14.4 Å². The molecule has 6 heteroatoms. The van der Waals surface area contributed by atoms with Crippen LogP contribution < -0.4 is 0 Å². The Morgan fingerprint density at radius 2 is 0.667 bits per heavy atom. The SMILES string of the molecule is CC\C=C/C=C\C=C/C=C\CCCCCC(=O)OCC(COC(=O)CCCCCCCC/C=C\C/C=C\C/C=C\C/C=C\CC)OC(=O)CCCCCCC/C=C\CCCCCCCCC. The Morgan fingerprint density at radius 1 is 0.333 bits per heavy atom. The molecule has 0 aromatic rings. The number of hydrogen-bond acceptors (Lipinski definition) is 6. The summed E-state index contributed by atoms with van der Waals surface area (Å²) >= 11 is 0. The van der Waals surface area contributed by atoms with E-state index in [0.29, 0.717) is 19.3 Å². The van der Waals surface area contributed by atoms with Gasteiger partial charge in [-0.1, -0.05) is 220 Å². The first kappa shape index (κ1) is 62.1. The normalized spacial score (nSPS) is 13.0. The maximum Gasteiger partial charge on any atom is 0.306 e. The Bertz CT molecular complexity index is 1370. The molecule has 0 fully saturated rings. The van der Waals surface area contributed by atoms with Crippen LogP contribution in [0, 0.1) is 0 Å². The van der Waals surface area contributed by atoms with E-state index in [1.807, 2.05) is 36.5 Å². The minimum Gasteiger partial charge on any atom is -0.462 e. The maximum absolute atomic E-state index is 12.8. The Hall–Kier alpha value is -3.93. The summed E-state index contributed by atoms with van der Waals surface area (Å²) in [6.45, 7) is 6.32. The number of allylic oxidation sites excluding steroid dienone is 18. The summed E-state index contributed by atoms with van der Waals surface area (Å²) in [4.78, 5) is 38.0. The molecule has 0 aliphatic heterocycles. The molecule has 0 amide bonds. The van der Waals surface area contributed by atoms with Crippen LogP contribution in [0.2, 0.25) is 0 Å². The van der Waals surface area contributed by atoms with Crippen LogP contribution in [-0.4, -0.2) is 37.2 Å². The number of esters is 3. The van der Waals surface area contributed by atoms with E-state index in [2.05, 4.69) is 93.7 Å². The molecule has 0 saturated carbocycles. The molecule has 0 heterocycles. The Balaban J connectivity index is 4.47. The highest BCUT2D eigenvalue weighted by Crippen LogP contribution is 2.14. The summed E-state index contributed by atoms with van der Waals surface area (Å²) in [5.74, 6) is -0.968. The van der Waals surface area contributed by atoms with Gasteiger partial charge in [0.25, 0.3) is 0 Å². The second-order valence-corrected chi connectivity index (χ2v) is 17.5. The molecule has 1 unspecified atom stereocenters. The predicted molar refractivity (Wildman–Crippen MR) is 283 cm³/mol. The Morgan fingerprint density at radius 3 is 1.14 bits per heavy atom. The van der Waals surface area contributed by atoms with Crippen LogP contribution >= 0.6 is 0 Å². The zero-order valence-electron chi connectivity index (χ0n) is 42.7. The topological polar surface area (TPSA) is 78.9 Å². The standard InChI is InChI=1S/C60H98O6/c1-4-7-10-13-16-19-22-25-27-29-30-31-33-35-38-41-44-47-50-53-59(62)65-56-57(55-64-58(61)52-49-46-43-40-37-34-24-21-18-15-12-9-6-3)66-60(63)54-51-48-45-42-39-36-32-28-26-23-20-17-14-11-8-5-2/h7,9-10,12,15-16,18-19,21,24-25,27-28,30-32,34,37,57H,4-6,8,11,13-14,17,20,22-23,26,29,33,35-36,38-56H2,1-3H3/b10-7-,12-9-,18-15-,19-16-,24-21-,27-25-,31-30-,32-28-,37-34-. The summed E-state index contributed by atoms with van der Waals surface area (Å²) in [6.07, 6.45) is 72.2. The Labute approximate surface area is 406 Å². The van der Waals surface area contributed by atoms with Crippen LogP contribution in [-0.2, 0) is 28.6 Å². The van der Waals surface area contributed by atoms with E-state index in [-0.39, 0.29) is 31.1 Å². The quantitative estimate of drug-likeness (QED) is 0.0199. The van der Waals surface area contributed by atoms with Crippen LogP contribution in [0.25, 0.3) is 0 Å². The lowest BCUT2D eigenvalue weighted by Crippen LogP contribution is -2.30. The van der Waals surface area contributed by atoms with Gasteiger partial charge < -0.3 is 14.2 Å². The summed E-state index contributed by atoms with van der Waals surface area (Å²) in [5, 5.41) is 0. The fourth-order valence-electron chi connectivity index (χ4n) is 7.08. The van der Waals surface area contributed by atoms with E-state index >= 15 is 0 Å². The maximum atomic E-state index is 12.8. The summed E-state index contributed by atoms with van der Waals surface area (Å²) in [7, 11) is 0. The van der Waals surface area contributed by atoms with Gasteiger partial charge in [0.15, 0.2) is 6.10 Å². The van der Waals surface area contributed by atoms with Crippen molar-refractivity contribution in [1.29, 1.82) is 0 Å². The lowest BCUT2D eigenvalue weighted by atomic mass is 10.1. The van der Waals surface area contributed by atoms with E-state index in [1.54, 1.807) is 0 Å². The van der Waals surface area contributed by atoms with Gasteiger partial charge in [0.05, 0.1) is 0 Å². The lowest BCUT2D eigenvalue weighted by molar-refractivity contribution is -0.167. The fourth-order valence-corrected chi connectivity index (χ4v) is 7.08. The smallest absolute Gasteiger partial charge is 0.306 e. The molecule has 0 bridgehead atoms. The van der Waals surface area contributed by atoms with E-state index in [1.165, 1.54) is 70.6 Å². The van der Waals surface area contributed by atoms with Crippen molar-refractivity contribution < 1.29 is 28.6 Å². The predicted octanol–water partition coefficient (Wildman–Crippen LogP) is 17.9. The van der Waals surface area contributed by atoms with Gasteiger partial charge in [-0.05, 0) is 103 Å². The van der Waals surface area contributed by atoms with Crippen molar-refractivity contribution in [2.45, 2.75) is 239 Å². The van der Waals surface area contributed by atoms with Gasteiger partial charge in [0, 0.05) is 19.3 Å². The zero-order chi connectivity index (χ0) is 47.9. The van der Waals surface area contributed by atoms with Crippen LogP contribution in [0.15, 0.2) is 109 Å². The van der Waals surface area contributed by atoms with Crippen molar-refractivity contribution in [2.75, 3.05) is 13.2 Å². The van der Waals surface area contributed by atoms with Crippen LogP contribution in [0.4, 0.5) is 0 Å². The fraction of sp³-hybridized carbons (Fsp3) is 0.650. The molecule has 0 rings (SSSR count). The summed E-state index contributed by atoms with van der Waals surface area (Å²) in [6, 6.07) is 0. The molecule has 0 spiro atoms. The molecule has 1 atom stereocenters. The molecule has 6 nitrogen and oxygen atoms in total. The second-order valence-electron chi connectivity index (χ2n) is 17.5. The number of ether oxygens (including phenoxy) is 3. The van der Waals surface area contributed by atoms with Gasteiger partial charge in [-0.25, -0.2) is 0 Å². The highest BCUT2D eigenvalue weighted by Gasteiger charge is 2.19. The van der Waals surface area contributed by atoms with Crippen molar-refractivity contribution in [1.82, 2.24) is 0 Å². The highest BCUT2D eigenvalue weighted by molar-refractivity contribution is 5.71. The number of carbonyl (C=O) groups is 3. The number of unbranched alkanes of at least 4 members (excludes halogenated alkanes) is 21. The summed E-state index contributed by atoms with van der Waals surface area (Å²) in [5.41, 5.74) is 0. The first-order valence-corrected chi connectivity index (χ1v) is 26.9. The molecule has 374 valence electrons. The largest absolute Gasteiger partial charge is 0.462 e. The molecule has 0 saturated heterocycles. The zero-order valence-corrected chi connectivity index (χ0v) is 42.7. The van der Waals surface area contributed by atoms with E-state index < -0.39 is 6.10 Å². The third-order valence-corrected chi connectivity index (χ3v) is 11.1.